The van der Waals surface area contributed by atoms with Gasteiger partial charge in [0, 0.05) is 32.3 Å². The Morgan fingerprint density at radius 2 is 1.57 bits per heavy atom. The van der Waals surface area contributed by atoms with Crippen molar-refractivity contribution in [3.05, 3.63) is 89.1 Å². The van der Waals surface area contributed by atoms with Crippen LogP contribution in [0.15, 0.2) is 66.7 Å². The summed E-state index contributed by atoms with van der Waals surface area (Å²) in [5.74, 6) is 1.93. The first-order chi connectivity index (χ1) is 17.8. The molecule has 0 aliphatic rings. The number of rotatable bonds is 4. The monoisotopic (exact) mass is 504 g/mol. The fourth-order valence-electron chi connectivity index (χ4n) is 5.81. The molecular weight excluding hydrogens is 470 g/mol. The van der Waals surface area contributed by atoms with Gasteiger partial charge in [0.1, 0.15) is 10.5 Å². The van der Waals surface area contributed by atoms with Crippen LogP contribution in [0.25, 0.3) is 48.4 Å². The first-order valence-electron chi connectivity index (χ1n) is 13.2. The highest BCUT2D eigenvalue weighted by Crippen LogP contribution is 2.45. The van der Waals surface area contributed by atoms with Crippen LogP contribution in [0.1, 0.15) is 61.9 Å². The maximum atomic E-state index is 4.93. The summed E-state index contributed by atoms with van der Waals surface area (Å²) in [6.45, 7) is 13.6. The first kappa shape index (κ1) is 23.9. The van der Waals surface area contributed by atoms with Crippen LogP contribution in [0.4, 0.5) is 0 Å². The number of aryl methyl sites for hydroxylation is 3. The van der Waals surface area contributed by atoms with E-state index in [1.54, 1.807) is 0 Å². The van der Waals surface area contributed by atoms with Gasteiger partial charge in [0.05, 0.1) is 12.6 Å². The SMILES string of the molecule is Cc1ccc2c(n1)sc1c(C(C)C)c(-n3c(-c4ccccc4C)[n+](C)c4ccccc43)c(C(C)C)cc12. The molecule has 3 aromatic carbocycles. The van der Waals surface area contributed by atoms with Crippen LogP contribution in [0.2, 0.25) is 0 Å². The van der Waals surface area contributed by atoms with Crippen molar-refractivity contribution >= 4 is 42.7 Å². The summed E-state index contributed by atoms with van der Waals surface area (Å²) in [7, 11) is 2.20. The van der Waals surface area contributed by atoms with Crippen molar-refractivity contribution in [3.8, 4) is 17.1 Å². The number of imidazole rings is 1. The van der Waals surface area contributed by atoms with E-state index in [-0.39, 0.29) is 0 Å². The van der Waals surface area contributed by atoms with Gasteiger partial charge in [0.15, 0.2) is 11.0 Å². The largest absolute Gasteiger partial charge is 0.295 e. The van der Waals surface area contributed by atoms with Crippen LogP contribution in [-0.2, 0) is 7.05 Å². The fourth-order valence-corrected chi connectivity index (χ4v) is 7.20. The summed E-state index contributed by atoms with van der Waals surface area (Å²) >= 11 is 1.85. The smallest absolute Gasteiger partial charge is 0.242 e. The molecule has 0 aliphatic heterocycles. The van der Waals surface area contributed by atoms with Crippen LogP contribution >= 0.6 is 11.3 Å². The number of pyridine rings is 1. The molecule has 0 saturated carbocycles. The molecule has 3 heterocycles. The fraction of sp³-hybridized carbons (Fsp3) is 0.273. The molecule has 0 saturated heterocycles. The van der Waals surface area contributed by atoms with E-state index in [4.69, 9.17) is 4.98 Å². The maximum Gasteiger partial charge on any atom is 0.295 e. The van der Waals surface area contributed by atoms with E-state index < -0.39 is 0 Å². The number of para-hydroxylation sites is 2. The van der Waals surface area contributed by atoms with Crippen LogP contribution < -0.4 is 4.57 Å². The molecule has 0 atom stereocenters. The standard InChI is InChI=1S/C33H34N3S/c1-19(2)25-18-26-24-17-16-22(6)34-32(24)37-31(26)29(20(3)4)30(25)36-28-15-11-10-14-27(28)35(7)33(36)23-13-9-8-12-21(23)5/h8-20H,1-7H3/q+1. The second-order valence-corrected chi connectivity index (χ2v) is 11.8. The number of hydrogen-bond acceptors (Lipinski definition) is 2. The van der Waals surface area contributed by atoms with Gasteiger partial charge in [-0.05, 0) is 67.6 Å². The summed E-state index contributed by atoms with van der Waals surface area (Å²) < 4.78 is 6.27. The summed E-state index contributed by atoms with van der Waals surface area (Å²) in [6.07, 6.45) is 0. The van der Waals surface area contributed by atoms with Crippen LogP contribution in [-0.4, -0.2) is 9.55 Å². The van der Waals surface area contributed by atoms with E-state index >= 15 is 0 Å². The highest BCUT2D eigenvalue weighted by atomic mass is 32.1. The van der Waals surface area contributed by atoms with E-state index in [9.17, 15) is 0 Å². The molecule has 0 radical (unpaired) electrons. The van der Waals surface area contributed by atoms with Crippen molar-refractivity contribution in [2.75, 3.05) is 0 Å². The van der Waals surface area contributed by atoms with Gasteiger partial charge in [-0.15, -0.1) is 11.3 Å². The molecule has 186 valence electrons. The minimum Gasteiger partial charge on any atom is -0.242 e. The molecule has 0 N–H and O–H groups in total. The van der Waals surface area contributed by atoms with E-state index in [1.807, 2.05) is 11.3 Å². The quantitative estimate of drug-likeness (QED) is 0.220. The zero-order valence-electron chi connectivity index (χ0n) is 22.8. The predicted molar refractivity (Wildman–Crippen MR) is 158 cm³/mol. The Hall–Kier alpha value is -3.50. The highest BCUT2D eigenvalue weighted by molar-refractivity contribution is 7.25. The van der Waals surface area contributed by atoms with E-state index in [0.29, 0.717) is 11.8 Å². The molecule has 0 unspecified atom stereocenters. The summed E-state index contributed by atoms with van der Waals surface area (Å²) in [5.41, 5.74) is 10.2. The molecule has 3 nitrogen and oxygen atoms in total. The summed E-state index contributed by atoms with van der Waals surface area (Å²) in [6, 6.07) is 24.4. The average molecular weight is 505 g/mol. The Morgan fingerprint density at radius 1 is 0.838 bits per heavy atom. The molecule has 6 rings (SSSR count). The summed E-state index contributed by atoms with van der Waals surface area (Å²) in [5, 5.41) is 2.60. The van der Waals surface area contributed by atoms with Gasteiger partial charge >= 0.3 is 0 Å². The Labute approximate surface area is 223 Å². The second kappa shape index (κ2) is 8.81. The Bertz CT molecular complexity index is 1820. The van der Waals surface area contributed by atoms with Crippen LogP contribution in [0, 0.1) is 13.8 Å². The lowest BCUT2D eigenvalue weighted by Crippen LogP contribution is -2.30. The van der Waals surface area contributed by atoms with E-state index in [1.165, 1.54) is 60.3 Å². The Kier molecular flexibility index (Phi) is 5.68. The lowest BCUT2D eigenvalue weighted by molar-refractivity contribution is -0.633. The van der Waals surface area contributed by atoms with Gasteiger partial charge in [-0.3, -0.25) is 0 Å². The van der Waals surface area contributed by atoms with E-state index in [0.717, 1.165) is 10.5 Å². The minimum absolute atomic E-state index is 0.349. The van der Waals surface area contributed by atoms with Crippen LogP contribution in [0.3, 0.4) is 0 Å². The first-order valence-corrected chi connectivity index (χ1v) is 14.0. The Balaban J connectivity index is 1.86. The highest BCUT2D eigenvalue weighted by Gasteiger charge is 2.33. The number of fused-ring (bicyclic) bond motifs is 4. The lowest BCUT2D eigenvalue weighted by atomic mass is 9.90. The minimum atomic E-state index is 0.349. The van der Waals surface area contributed by atoms with Crippen molar-refractivity contribution in [1.29, 1.82) is 0 Å². The molecule has 4 heteroatoms. The van der Waals surface area contributed by atoms with Crippen molar-refractivity contribution in [2.24, 2.45) is 7.05 Å². The van der Waals surface area contributed by atoms with Gasteiger partial charge in [-0.2, -0.15) is 4.57 Å². The molecule has 0 amide bonds. The summed E-state index contributed by atoms with van der Waals surface area (Å²) in [4.78, 5) is 6.06. The zero-order valence-corrected chi connectivity index (χ0v) is 23.6. The average Bonchev–Trinajstić information content (AvgIpc) is 3.37. The molecule has 6 aromatic rings. The third kappa shape index (κ3) is 3.61. The predicted octanol–water partition coefficient (Wildman–Crippen LogP) is 8.75. The van der Waals surface area contributed by atoms with Gasteiger partial charge < -0.3 is 0 Å². The number of hydrogen-bond donors (Lipinski definition) is 0. The third-order valence-electron chi connectivity index (χ3n) is 7.63. The van der Waals surface area contributed by atoms with Crippen molar-refractivity contribution in [1.82, 2.24) is 9.55 Å². The van der Waals surface area contributed by atoms with Crippen molar-refractivity contribution in [2.45, 2.75) is 53.4 Å². The molecule has 0 aliphatic carbocycles. The van der Waals surface area contributed by atoms with Crippen molar-refractivity contribution < 1.29 is 4.57 Å². The van der Waals surface area contributed by atoms with Gasteiger partial charge in [0.25, 0.3) is 5.82 Å². The van der Waals surface area contributed by atoms with Crippen LogP contribution in [0.5, 0.6) is 0 Å². The molecule has 37 heavy (non-hydrogen) atoms. The van der Waals surface area contributed by atoms with Gasteiger partial charge in [0.2, 0.25) is 0 Å². The molecule has 3 aromatic heterocycles. The zero-order chi connectivity index (χ0) is 26.0. The normalized spacial score (nSPS) is 12.1. The molecule has 0 spiro atoms. The lowest BCUT2D eigenvalue weighted by Gasteiger charge is -2.20. The number of aromatic nitrogens is 3. The topological polar surface area (TPSA) is 21.7 Å². The van der Waals surface area contributed by atoms with E-state index in [2.05, 4.69) is 124 Å². The molecule has 0 bridgehead atoms. The Morgan fingerprint density at radius 3 is 2.30 bits per heavy atom. The van der Waals surface area contributed by atoms with Gasteiger partial charge in [-0.25, -0.2) is 9.55 Å². The van der Waals surface area contributed by atoms with Crippen molar-refractivity contribution in [3.63, 3.8) is 0 Å². The maximum absolute atomic E-state index is 4.93. The molecule has 0 fully saturated rings. The van der Waals surface area contributed by atoms with Gasteiger partial charge in [-0.1, -0.05) is 58.0 Å². The number of nitrogens with zero attached hydrogens (tertiary/aromatic N) is 3. The third-order valence-corrected chi connectivity index (χ3v) is 8.78. The molecular formula is C33H34N3S+. The number of benzene rings is 3. The second-order valence-electron chi connectivity index (χ2n) is 10.8. The number of thiophene rings is 1.